The molecule has 1 N–H and O–H groups in total. The smallest absolute Gasteiger partial charge is 0.259 e. The molecule has 1 amide bonds. The number of hydrogen-bond donors (Lipinski definition) is 1. The van der Waals surface area contributed by atoms with Crippen LogP contribution in [0.2, 0.25) is 0 Å². The third-order valence-corrected chi connectivity index (χ3v) is 4.19. The number of aromatic nitrogens is 2. The molecule has 0 aliphatic carbocycles. The van der Waals surface area contributed by atoms with Crippen LogP contribution in [0.15, 0.2) is 42.5 Å². The number of para-hydroxylation sites is 2. The Balaban J connectivity index is 1.89. The second-order valence-corrected chi connectivity index (χ2v) is 6.49. The Kier molecular flexibility index (Phi) is 6.15. The maximum absolute atomic E-state index is 11.8. The van der Waals surface area contributed by atoms with Crippen molar-refractivity contribution in [3.63, 3.8) is 0 Å². The van der Waals surface area contributed by atoms with Gasteiger partial charge in [-0.3, -0.25) is 4.79 Å². The summed E-state index contributed by atoms with van der Waals surface area (Å²) < 4.78 is 11.3. The number of carbonyl (C=O) groups excluding carboxylic acids is 1. The average Bonchev–Trinajstić information content (AvgIpc) is 3.15. The Morgan fingerprint density at radius 3 is 2.69 bits per heavy atom. The van der Waals surface area contributed by atoms with Crippen molar-refractivity contribution in [2.24, 2.45) is 0 Å². The van der Waals surface area contributed by atoms with Crippen molar-refractivity contribution < 1.29 is 14.3 Å². The van der Waals surface area contributed by atoms with Crippen LogP contribution in [0, 0.1) is 11.3 Å². The zero-order valence-corrected chi connectivity index (χ0v) is 16.6. The summed E-state index contributed by atoms with van der Waals surface area (Å²) in [5.74, 6) is 1.34. The van der Waals surface area contributed by atoms with Crippen molar-refractivity contribution in [2.75, 3.05) is 27.3 Å². The van der Waals surface area contributed by atoms with Crippen LogP contribution in [-0.2, 0) is 4.79 Å². The molecule has 2 aromatic carbocycles. The normalized spacial score (nSPS) is 11.2. The number of ether oxygens (including phenoxy) is 2. The van der Waals surface area contributed by atoms with Gasteiger partial charge in [-0.05, 0) is 42.8 Å². The van der Waals surface area contributed by atoms with Gasteiger partial charge < -0.3 is 19.4 Å². The number of nitrogens with one attached hydrogen (secondary N) is 1. The summed E-state index contributed by atoms with van der Waals surface area (Å²) in [6.45, 7) is 2.23. The van der Waals surface area contributed by atoms with Gasteiger partial charge in [0.15, 0.2) is 18.1 Å². The fourth-order valence-corrected chi connectivity index (χ4v) is 2.67. The van der Waals surface area contributed by atoms with E-state index in [2.05, 4.69) is 16.0 Å². The van der Waals surface area contributed by atoms with Gasteiger partial charge in [0.1, 0.15) is 11.9 Å². The van der Waals surface area contributed by atoms with Crippen LogP contribution in [0.4, 0.5) is 0 Å². The number of likely N-dealkylation sites (N-methyl/N-ethyl adjacent to an activating group) is 1. The highest BCUT2D eigenvalue weighted by Crippen LogP contribution is 2.30. The molecule has 148 valence electrons. The summed E-state index contributed by atoms with van der Waals surface area (Å²) in [5, 5.41) is 9.61. The minimum Gasteiger partial charge on any atom is -0.490 e. The second-order valence-electron chi connectivity index (χ2n) is 6.49. The number of nitriles is 1. The van der Waals surface area contributed by atoms with Crippen molar-refractivity contribution in [3.05, 3.63) is 53.9 Å². The molecule has 29 heavy (non-hydrogen) atoms. The molecule has 0 aliphatic rings. The number of rotatable bonds is 7. The minimum absolute atomic E-state index is 0.0787. The van der Waals surface area contributed by atoms with E-state index in [0.29, 0.717) is 29.5 Å². The van der Waals surface area contributed by atoms with Gasteiger partial charge in [-0.25, -0.2) is 4.98 Å². The van der Waals surface area contributed by atoms with E-state index in [1.54, 1.807) is 38.4 Å². The van der Waals surface area contributed by atoms with E-state index < -0.39 is 0 Å². The maximum Gasteiger partial charge on any atom is 0.259 e. The van der Waals surface area contributed by atoms with Gasteiger partial charge in [0.05, 0.1) is 23.2 Å². The molecular weight excluding hydrogens is 368 g/mol. The molecular formula is C22H22N4O3. The Labute approximate surface area is 169 Å². The summed E-state index contributed by atoms with van der Waals surface area (Å²) in [4.78, 5) is 20.9. The molecule has 7 nitrogen and oxygen atoms in total. The maximum atomic E-state index is 11.8. The Morgan fingerprint density at radius 2 is 2.00 bits per heavy atom. The van der Waals surface area contributed by atoms with Crippen LogP contribution < -0.4 is 9.47 Å². The number of H-pyrrole nitrogens is 1. The molecule has 0 saturated heterocycles. The first-order valence-corrected chi connectivity index (χ1v) is 9.18. The van der Waals surface area contributed by atoms with E-state index in [9.17, 15) is 10.1 Å². The van der Waals surface area contributed by atoms with Crippen LogP contribution in [0.25, 0.3) is 22.7 Å². The molecule has 1 heterocycles. The number of carbonyl (C=O) groups is 1. The topological polar surface area (TPSA) is 91.2 Å². The predicted octanol–water partition coefficient (Wildman–Crippen LogP) is 3.49. The molecule has 0 atom stereocenters. The lowest BCUT2D eigenvalue weighted by atomic mass is 10.1. The van der Waals surface area contributed by atoms with Gasteiger partial charge >= 0.3 is 0 Å². The lowest BCUT2D eigenvalue weighted by Crippen LogP contribution is -2.27. The number of fused-ring (bicyclic) bond motifs is 1. The Hall–Kier alpha value is -3.79. The van der Waals surface area contributed by atoms with Gasteiger partial charge in [0, 0.05) is 14.1 Å². The average molecular weight is 390 g/mol. The summed E-state index contributed by atoms with van der Waals surface area (Å²) >= 11 is 0. The Bertz CT molecular complexity index is 1060. The Morgan fingerprint density at radius 1 is 1.21 bits per heavy atom. The summed E-state index contributed by atoms with van der Waals surface area (Å²) in [5.41, 5.74) is 2.83. The quantitative estimate of drug-likeness (QED) is 0.624. The molecule has 3 aromatic rings. The molecule has 0 bridgehead atoms. The SMILES string of the molecule is CCOc1cc(/C=C(\C#N)c2nc3ccccc3[nH]2)ccc1OCC(=O)N(C)C. The highest BCUT2D eigenvalue weighted by Gasteiger charge is 2.12. The van der Waals surface area contributed by atoms with Gasteiger partial charge in [0.2, 0.25) is 0 Å². The molecule has 7 heteroatoms. The molecule has 0 unspecified atom stereocenters. The number of nitrogens with zero attached hydrogens (tertiary/aromatic N) is 3. The lowest BCUT2D eigenvalue weighted by Gasteiger charge is -2.14. The number of allylic oxidation sites excluding steroid dienone is 1. The van der Waals surface area contributed by atoms with E-state index in [1.165, 1.54) is 4.90 Å². The van der Waals surface area contributed by atoms with E-state index in [-0.39, 0.29) is 12.5 Å². The van der Waals surface area contributed by atoms with Crippen molar-refractivity contribution in [1.82, 2.24) is 14.9 Å². The second kappa shape index (κ2) is 8.93. The zero-order valence-electron chi connectivity index (χ0n) is 16.6. The number of aromatic amines is 1. The van der Waals surface area contributed by atoms with E-state index in [4.69, 9.17) is 9.47 Å². The van der Waals surface area contributed by atoms with Crippen molar-refractivity contribution >= 4 is 28.6 Å². The van der Waals surface area contributed by atoms with Gasteiger partial charge in [-0.1, -0.05) is 18.2 Å². The van der Waals surface area contributed by atoms with Crippen LogP contribution in [-0.4, -0.2) is 48.1 Å². The zero-order chi connectivity index (χ0) is 20.8. The monoisotopic (exact) mass is 390 g/mol. The molecule has 0 radical (unpaired) electrons. The first-order chi connectivity index (χ1) is 14.0. The molecule has 0 fully saturated rings. The third-order valence-electron chi connectivity index (χ3n) is 4.19. The summed E-state index contributed by atoms with van der Waals surface area (Å²) in [6, 6.07) is 15.1. The number of hydrogen-bond acceptors (Lipinski definition) is 5. The third kappa shape index (κ3) is 4.74. The number of amides is 1. The van der Waals surface area contributed by atoms with Crippen LogP contribution in [0.3, 0.4) is 0 Å². The summed E-state index contributed by atoms with van der Waals surface area (Å²) in [6.07, 6.45) is 1.73. The fourth-order valence-electron chi connectivity index (χ4n) is 2.67. The standard InChI is InChI=1S/C22H22N4O3/c1-4-28-20-12-15(9-10-19(20)29-14-21(27)26(2)3)11-16(13-23)22-24-17-7-5-6-8-18(17)25-22/h5-12H,4,14H2,1-3H3,(H,24,25)/b16-11+. The molecule has 0 saturated carbocycles. The molecule has 1 aromatic heterocycles. The minimum atomic E-state index is -0.145. The highest BCUT2D eigenvalue weighted by atomic mass is 16.5. The van der Waals surface area contributed by atoms with Gasteiger partial charge in [-0.2, -0.15) is 5.26 Å². The molecule has 0 aliphatic heterocycles. The van der Waals surface area contributed by atoms with Crippen molar-refractivity contribution in [3.8, 4) is 17.6 Å². The van der Waals surface area contributed by atoms with Crippen molar-refractivity contribution in [1.29, 1.82) is 5.26 Å². The predicted molar refractivity (Wildman–Crippen MR) is 111 cm³/mol. The molecule has 3 rings (SSSR count). The van der Waals surface area contributed by atoms with E-state index in [0.717, 1.165) is 16.6 Å². The fraction of sp³-hybridized carbons (Fsp3) is 0.227. The van der Waals surface area contributed by atoms with Crippen LogP contribution in [0.1, 0.15) is 18.3 Å². The van der Waals surface area contributed by atoms with E-state index in [1.807, 2.05) is 31.2 Å². The van der Waals surface area contributed by atoms with Gasteiger partial charge in [0.25, 0.3) is 5.91 Å². The first kappa shape index (κ1) is 20.0. The van der Waals surface area contributed by atoms with E-state index >= 15 is 0 Å². The largest absolute Gasteiger partial charge is 0.490 e. The molecule has 0 spiro atoms. The number of benzene rings is 2. The van der Waals surface area contributed by atoms with Crippen molar-refractivity contribution in [2.45, 2.75) is 6.92 Å². The lowest BCUT2D eigenvalue weighted by molar-refractivity contribution is -0.130. The summed E-state index contributed by atoms with van der Waals surface area (Å²) in [7, 11) is 3.34. The number of imidazole rings is 1. The highest BCUT2D eigenvalue weighted by molar-refractivity contribution is 5.90. The van der Waals surface area contributed by atoms with Gasteiger partial charge in [-0.15, -0.1) is 0 Å². The first-order valence-electron chi connectivity index (χ1n) is 9.18. The van der Waals surface area contributed by atoms with Crippen LogP contribution in [0.5, 0.6) is 11.5 Å². The van der Waals surface area contributed by atoms with Crippen LogP contribution >= 0.6 is 0 Å².